The maximum atomic E-state index is 11.4. The van der Waals surface area contributed by atoms with Gasteiger partial charge in [0.25, 0.3) is 0 Å². The quantitative estimate of drug-likeness (QED) is 0.145. The summed E-state index contributed by atoms with van der Waals surface area (Å²) in [7, 11) is 0. The van der Waals surface area contributed by atoms with Crippen molar-refractivity contribution in [2.24, 2.45) is 0 Å². The van der Waals surface area contributed by atoms with Crippen LogP contribution in [0.2, 0.25) is 0 Å². The van der Waals surface area contributed by atoms with Crippen molar-refractivity contribution in [1.82, 2.24) is 0 Å². The van der Waals surface area contributed by atoms with Crippen LogP contribution in [0, 0.1) is 20.8 Å². The SMILES string of the molecule is CCCCCCc1cc(C2=CC=C(c3cc(C)c(C)c(C)c3)[N+]2=[N-])cc(CCCCCC)c1CCCCCC. The fraction of sp³-hybridized carbons (Fsp3) is 0.568. The first-order chi connectivity index (χ1) is 18.9. The first kappa shape index (κ1) is 31.1. The van der Waals surface area contributed by atoms with E-state index in [1.54, 1.807) is 5.56 Å². The van der Waals surface area contributed by atoms with Gasteiger partial charge < -0.3 is 5.53 Å². The highest BCUT2D eigenvalue weighted by molar-refractivity contribution is 5.76. The van der Waals surface area contributed by atoms with Crippen molar-refractivity contribution >= 4 is 11.4 Å². The second-order valence-corrected chi connectivity index (χ2v) is 11.9. The van der Waals surface area contributed by atoms with E-state index >= 15 is 0 Å². The van der Waals surface area contributed by atoms with Gasteiger partial charge in [-0.15, -0.1) is 0 Å². The minimum absolute atomic E-state index is 0.869. The molecule has 1 aliphatic rings. The second-order valence-electron chi connectivity index (χ2n) is 11.9. The van der Waals surface area contributed by atoms with Crippen LogP contribution in [0.4, 0.5) is 0 Å². The molecule has 0 aromatic heterocycles. The predicted octanol–water partition coefficient (Wildman–Crippen LogP) is 11.4. The zero-order valence-corrected chi connectivity index (χ0v) is 26.0. The van der Waals surface area contributed by atoms with Crippen molar-refractivity contribution in [3.05, 3.63) is 86.5 Å². The molecule has 3 rings (SSSR count). The third kappa shape index (κ3) is 8.50. The summed E-state index contributed by atoms with van der Waals surface area (Å²) in [5.41, 5.74) is 24.0. The Morgan fingerprint density at radius 2 is 0.949 bits per heavy atom. The van der Waals surface area contributed by atoms with Gasteiger partial charge in [0, 0.05) is 23.3 Å². The van der Waals surface area contributed by atoms with Crippen LogP contribution in [0.5, 0.6) is 0 Å². The van der Waals surface area contributed by atoms with Crippen LogP contribution in [0.3, 0.4) is 0 Å². The Kier molecular flexibility index (Phi) is 12.7. The van der Waals surface area contributed by atoms with Gasteiger partial charge in [-0.3, -0.25) is 0 Å². The molecule has 0 saturated heterocycles. The van der Waals surface area contributed by atoms with E-state index in [2.05, 4.69) is 78.0 Å². The van der Waals surface area contributed by atoms with Crippen LogP contribution >= 0.6 is 0 Å². The lowest BCUT2D eigenvalue weighted by Crippen LogP contribution is -2.07. The maximum Gasteiger partial charge on any atom is 0.207 e. The van der Waals surface area contributed by atoms with Gasteiger partial charge >= 0.3 is 0 Å². The molecular weight excluding hydrogens is 472 g/mol. The van der Waals surface area contributed by atoms with Crippen molar-refractivity contribution in [2.75, 3.05) is 0 Å². The molecule has 0 spiro atoms. The molecule has 0 radical (unpaired) electrons. The van der Waals surface area contributed by atoms with Gasteiger partial charge in [0.2, 0.25) is 11.4 Å². The Hall–Kier alpha value is -2.48. The Bertz CT molecular complexity index is 1110. The second kappa shape index (κ2) is 15.9. The van der Waals surface area contributed by atoms with E-state index in [1.807, 2.05) is 0 Å². The maximum absolute atomic E-state index is 11.4. The molecule has 0 unspecified atom stereocenters. The van der Waals surface area contributed by atoms with Crippen molar-refractivity contribution in [3.8, 4) is 0 Å². The molecule has 0 fully saturated rings. The summed E-state index contributed by atoms with van der Waals surface area (Å²) < 4.78 is 1.43. The summed E-state index contributed by atoms with van der Waals surface area (Å²) in [5.74, 6) is 0. The average molecular weight is 527 g/mol. The Labute approximate surface area is 240 Å². The fourth-order valence-electron chi connectivity index (χ4n) is 5.98. The molecule has 212 valence electrons. The van der Waals surface area contributed by atoms with E-state index in [9.17, 15) is 5.53 Å². The molecule has 2 aromatic carbocycles. The van der Waals surface area contributed by atoms with Gasteiger partial charge in [-0.25, -0.2) is 4.70 Å². The minimum Gasteiger partial charge on any atom is -0.493 e. The molecular formula is C37H54N2. The summed E-state index contributed by atoms with van der Waals surface area (Å²) in [6, 6.07) is 9.22. The topological polar surface area (TPSA) is 25.3 Å². The average Bonchev–Trinajstić information content (AvgIpc) is 3.31. The number of benzene rings is 2. The molecule has 0 amide bonds. The Morgan fingerprint density at radius 1 is 0.538 bits per heavy atom. The first-order valence-electron chi connectivity index (χ1n) is 16.0. The van der Waals surface area contributed by atoms with Gasteiger partial charge in [0.1, 0.15) is 0 Å². The third-order valence-electron chi connectivity index (χ3n) is 8.69. The number of nitrogens with zero attached hydrogens (tertiary/aromatic N) is 2. The minimum atomic E-state index is 0.869. The van der Waals surface area contributed by atoms with Gasteiger partial charge in [-0.05, 0) is 117 Å². The zero-order valence-electron chi connectivity index (χ0n) is 26.0. The van der Waals surface area contributed by atoms with Gasteiger partial charge in [0.15, 0.2) is 0 Å². The number of hydrogen-bond acceptors (Lipinski definition) is 0. The lowest BCUT2D eigenvalue weighted by Gasteiger charge is -2.19. The molecule has 2 nitrogen and oxygen atoms in total. The summed E-state index contributed by atoms with van der Waals surface area (Å²) in [6.07, 6.45) is 23.2. The molecule has 0 bridgehead atoms. The zero-order chi connectivity index (χ0) is 28.2. The van der Waals surface area contributed by atoms with Gasteiger partial charge in [0.05, 0.1) is 0 Å². The Morgan fingerprint density at radius 3 is 1.38 bits per heavy atom. The van der Waals surface area contributed by atoms with Crippen molar-refractivity contribution in [2.45, 2.75) is 138 Å². The third-order valence-corrected chi connectivity index (χ3v) is 8.69. The molecule has 0 aliphatic carbocycles. The van der Waals surface area contributed by atoms with Crippen LogP contribution < -0.4 is 0 Å². The lowest BCUT2D eigenvalue weighted by molar-refractivity contribution is -0.344. The van der Waals surface area contributed by atoms with Gasteiger partial charge in [-0.1, -0.05) is 78.6 Å². The molecule has 0 saturated carbocycles. The van der Waals surface area contributed by atoms with Crippen LogP contribution in [0.1, 0.15) is 142 Å². The summed E-state index contributed by atoms with van der Waals surface area (Å²) >= 11 is 0. The molecule has 0 N–H and O–H groups in total. The monoisotopic (exact) mass is 526 g/mol. The molecule has 2 aromatic rings. The van der Waals surface area contributed by atoms with Gasteiger partial charge in [-0.2, -0.15) is 0 Å². The summed E-state index contributed by atoms with van der Waals surface area (Å²) in [6.45, 7) is 13.4. The normalized spacial score (nSPS) is 13.2. The van der Waals surface area contributed by atoms with Crippen molar-refractivity contribution in [3.63, 3.8) is 0 Å². The number of rotatable bonds is 17. The summed E-state index contributed by atoms with van der Waals surface area (Å²) in [5, 5.41) is 0. The predicted molar refractivity (Wildman–Crippen MR) is 170 cm³/mol. The van der Waals surface area contributed by atoms with Crippen LogP contribution in [0.25, 0.3) is 16.9 Å². The highest BCUT2D eigenvalue weighted by Crippen LogP contribution is 2.35. The van der Waals surface area contributed by atoms with Crippen LogP contribution in [-0.2, 0) is 19.3 Å². The van der Waals surface area contributed by atoms with E-state index < -0.39 is 0 Å². The number of aryl methyl sites for hydroxylation is 4. The van der Waals surface area contributed by atoms with E-state index in [0.717, 1.165) is 35.4 Å². The fourth-order valence-corrected chi connectivity index (χ4v) is 5.98. The first-order valence-corrected chi connectivity index (χ1v) is 16.0. The van der Waals surface area contributed by atoms with E-state index in [1.165, 1.54) is 116 Å². The van der Waals surface area contributed by atoms with E-state index in [4.69, 9.17) is 0 Å². The van der Waals surface area contributed by atoms with Crippen molar-refractivity contribution < 1.29 is 4.70 Å². The van der Waals surface area contributed by atoms with E-state index in [-0.39, 0.29) is 0 Å². The molecule has 1 aliphatic heterocycles. The highest BCUT2D eigenvalue weighted by atomic mass is 15.2. The molecule has 39 heavy (non-hydrogen) atoms. The number of unbranched alkanes of at least 4 members (excludes halogenated alkanes) is 9. The van der Waals surface area contributed by atoms with Crippen LogP contribution in [0.15, 0.2) is 36.4 Å². The lowest BCUT2D eigenvalue weighted by atomic mass is 9.87. The smallest absolute Gasteiger partial charge is 0.207 e. The largest absolute Gasteiger partial charge is 0.493 e. The highest BCUT2D eigenvalue weighted by Gasteiger charge is 2.25. The summed E-state index contributed by atoms with van der Waals surface area (Å²) in [4.78, 5) is 0. The number of hydrogen-bond donors (Lipinski definition) is 0. The molecule has 0 atom stereocenters. The molecule has 2 heteroatoms. The van der Waals surface area contributed by atoms with Crippen LogP contribution in [-0.4, -0.2) is 4.70 Å². The molecule has 1 heterocycles. The number of allylic oxidation sites excluding steroid dienone is 2. The Balaban J connectivity index is 1.94. The standard InChI is InChI=1S/C37H54N2/c1-7-10-13-16-19-31-26-34(27-32(20-17-14-11-8-2)35(31)21-18-15-12-9-3)37-23-22-36(39(37)38)33-24-28(4)30(6)29(5)25-33/h22-27H,7-21H2,1-6H3. The van der Waals surface area contributed by atoms with E-state index in [0.29, 0.717) is 0 Å². The van der Waals surface area contributed by atoms with Crippen molar-refractivity contribution in [1.29, 1.82) is 0 Å².